The molecule has 136 valence electrons. The van der Waals surface area contributed by atoms with E-state index in [0.29, 0.717) is 28.6 Å². The summed E-state index contributed by atoms with van der Waals surface area (Å²) in [5.41, 5.74) is 1.93. The molecule has 0 amide bonds. The lowest BCUT2D eigenvalue weighted by molar-refractivity contribution is 0.382. The minimum Gasteiger partial charge on any atom is -0.415 e. The van der Waals surface area contributed by atoms with Gasteiger partial charge in [-0.3, -0.25) is 0 Å². The van der Waals surface area contributed by atoms with Crippen LogP contribution in [0.3, 0.4) is 0 Å². The fraction of sp³-hybridized carbons (Fsp3) is 0.158. The Morgan fingerprint density at radius 3 is 2.44 bits per heavy atom. The Hall–Kier alpha value is -2.58. The van der Waals surface area contributed by atoms with Crippen LogP contribution < -0.4 is 0 Å². The average Bonchev–Trinajstić information content (AvgIpc) is 3.37. The largest absolute Gasteiger partial charge is 0.415 e. The van der Waals surface area contributed by atoms with E-state index in [9.17, 15) is 0 Å². The summed E-state index contributed by atoms with van der Waals surface area (Å²) in [4.78, 5) is 4.60. The molecule has 6 nitrogen and oxygen atoms in total. The Balaban J connectivity index is 1.65. The standard InChI is InChI=1S/C19H16N4O2S2/c1-26-12-15-21-22-19(24-15)27-16(13-8-4-2-5-9-13)18-20-17(23-25-18)14-10-6-3-7-11-14/h2-11,16H,12H2,1H3/t16-/m1/s1. The molecule has 8 heteroatoms. The van der Waals surface area contributed by atoms with Gasteiger partial charge in [-0.05, 0) is 23.6 Å². The van der Waals surface area contributed by atoms with E-state index in [1.54, 1.807) is 11.8 Å². The Morgan fingerprint density at radius 1 is 0.963 bits per heavy atom. The van der Waals surface area contributed by atoms with Crippen molar-refractivity contribution in [3.05, 3.63) is 78.0 Å². The Kier molecular flexibility index (Phi) is 5.55. The minimum absolute atomic E-state index is 0.237. The van der Waals surface area contributed by atoms with E-state index in [2.05, 4.69) is 20.3 Å². The van der Waals surface area contributed by atoms with Crippen LogP contribution in [-0.4, -0.2) is 26.6 Å². The van der Waals surface area contributed by atoms with Crippen molar-refractivity contribution in [1.29, 1.82) is 0 Å². The molecule has 4 rings (SSSR count). The number of benzene rings is 2. The monoisotopic (exact) mass is 396 g/mol. The smallest absolute Gasteiger partial charge is 0.277 e. The summed E-state index contributed by atoms with van der Waals surface area (Å²) in [5, 5.41) is 12.6. The van der Waals surface area contributed by atoms with Gasteiger partial charge < -0.3 is 8.94 Å². The molecule has 2 aromatic carbocycles. The SMILES string of the molecule is CSCc1nnc(S[C@H](c2ccccc2)c2nc(-c3ccccc3)no2)o1. The highest BCUT2D eigenvalue weighted by atomic mass is 32.2. The Labute approximate surface area is 164 Å². The first-order chi connectivity index (χ1) is 13.3. The molecule has 0 saturated heterocycles. The lowest BCUT2D eigenvalue weighted by Gasteiger charge is -2.10. The van der Waals surface area contributed by atoms with Crippen LogP contribution in [0.5, 0.6) is 0 Å². The van der Waals surface area contributed by atoms with E-state index >= 15 is 0 Å². The molecule has 4 aromatic rings. The maximum atomic E-state index is 5.72. The molecule has 2 heterocycles. The van der Waals surface area contributed by atoms with E-state index < -0.39 is 0 Å². The maximum Gasteiger partial charge on any atom is 0.277 e. The predicted molar refractivity (Wildman–Crippen MR) is 105 cm³/mol. The summed E-state index contributed by atoms with van der Waals surface area (Å²) in [6, 6.07) is 19.7. The lowest BCUT2D eigenvalue weighted by atomic mass is 10.1. The van der Waals surface area contributed by atoms with Gasteiger partial charge in [0.1, 0.15) is 5.25 Å². The molecular weight excluding hydrogens is 380 g/mol. The van der Waals surface area contributed by atoms with Crippen LogP contribution in [0.25, 0.3) is 11.4 Å². The second-order valence-corrected chi connectivity index (χ2v) is 7.55. The molecule has 0 spiro atoms. The van der Waals surface area contributed by atoms with Crippen molar-refractivity contribution in [2.24, 2.45) is 0 Å². The second kappa shape index (κ2) is 8.41. The van der Waals surface area contributed by atoms with Crippen LogP contribution in [0, 0.1) is 0 Å². The first kappa shape index (κ1) is 17.8. The zero-order valence-corrected chi connectivity index (χ0v) is 16.1. The van der Waals surface area contributed by atoms with Crippen LogP contribution in [0.15, 0.2) is 74.8 Å². The molecule has 0 N–H and O–H groups in total. The van der Waals surface area contributed by atoms with Crippen molar-refractivity contribution in [2.45, 2.75) is 16.2 Å². The van der Waals surface area contributed by atoms with Crippen LogP contribution >= 0.6 is 23.5 Å². The molecule has 0 saturated carbocycles. The minimum atomic E-state index is -0.237. The highest BCUT2D eigenvalue weighted by Gasteiger charge is 2.25. The molecule has 2 aromatic heterocycles. The highest BCUT2D eigenvalue weighted by molar-refractivity contribution is 7.99. The fourth-order valence-electron chi connectivity index (χ4n) is 2.50. The van der Waals surface area contributed by atoms with Gasteiger partial charge in [-0.2, -0.15) is 16.7 Å². The van der Waals surface area contributed by atoms with Gasteiger partial charge >= 0.3 is 0 Å². The third-order valence-corrected chi connectivity index (χ3v) is 5.35. The third kappa shape index (κ3) is 4.23. The van der Waals surface area contributed by atoms with E-state index in [0.717, 1.165) is 11.1 Å². The summed E-state index contributed by atoms with van der Waals surface area (Å²) >= 11 is 3.04. The first-order valence-electron chi connectivity index (χ1n) is 8.25. The van der Waals surface area contributed by atoms with Crippen molar-refractivity contribution in [3.8, 4) is 11.4 Å². The number of aromatic nitrogens is 4. The Morgan fingerprint density at radius 2 is 1.70 bits per heavy atom. The third-order valence-electron chi connectivity index (χ3n) is 3.74. The Bertz CT molecular complexity index is 989. The summed E-state index contributed by atoms with van der Waals surface area (Å²) in [7, 11) is 0. The van der Waals surface area contributed by atoms with Gasteiger partial charge in [0.15, 0.2) is 0 Å². The number of hydrogen-bond donors (Lipinski definition) is 0. The van der Waals surface area contributed by atoms with E-state index in [1.165, 1.54) is 11.8 Å². The highest BCUT2D eigenvalue weighted by Crippen LogP contribution is 2.39. The van der Waals surface area contributed by atoms with Crippen LogP contribution in [0.4, 0.5) is 0 Å². The fourth-order valence-corrected chi connectivity index (χ4v) is 3.79. The number of thioether (sulfide) groups is 2. The van der Waals surface area contributed by atoms with Crippen molar-refractivity contribution in [1.82, 2.24) is 20.3 Å². The van der Waals surface area contributed by atoms with Crippen molar-refractivity contribution in [3.63, 3.8) is 0 Å². The van der Waals surface area contributed by atoms with Gasteiger partial charge in [0, 0.05) is 5.56 Å². The summed E-state index contributed by atoms with van der Waals surface area (Å²) in [5.74, 6) is 2.34. The zero-order valence-electron chi connectivity index (χ0n) is 14.5. The number of rotatable bonds is 7. The molecule has 27 heavy (non-hydrogen) atoms. The maximum absolute atomic E-state index is 5.72. The molecule has 0 fully saturated rings. The van der Waals surface area contributed by atoms with Gasteiger partial charge in [0.25, 0.3) is 5.22 Å². The summed E-state index contributed by atoms with van der Waals surface area (Å²) < 4.78 is 11.3. The molecule has 0 aliphatic heterocycles. The van der Waals surface area contributed by atoms with E-state index in [-0.39, 0.29) is 5.25 Å². The molecule has 1 atom stereocenters. The van der Waals surface area contributed by atoms with Crippen molar-refractivity contribution >= 4 is 23.5 Å². The lowest BCUT2D eigenvalue weighted by Crippen LogP contribution is -1.97. The van der Waals surface area contributed by atoms with E-state index in [4.69, 9.17) is 8.94 Å². The summed E-state index contributed by atoms with van der Waals surface area (Å²) in [6.45, 7) is 0. The molecule has 0 aliphatic carbocycles. The molecular formula is C19H16N4O2S2. The first-order valence-corrected chi connectivity index (χ1v) is 10.5. The van der Waals surface area contributed by atoms with Crippen LogP contribution in [0.2, 0.25) is 0 Å². The van der Waals surface area contributed by atoms with Crippen LogP contribution in [-0.2, 0) is 5.75 Å². The molecule has 0 radical (unpaired) electrons. The van der Waals surface area contributed by atoms with E-state index in [1.807, 2.05) is 66.9 Å². The predicted octanol–water partition coefficient (Wildman–Crippen LogP) is 4.86. The molecule has 0 bridgehead atoms. The van der Waals surface area contributed by atoms with Crippen molar-refractivity contribution in [2.75, 3.05) is 6.26 Å². The van der Waals surface area contributed by atoms with Gasteiger partial charge in [-0.15, -0.1) is 10.2 Å². The van der Waals surface area contributed by atoms with Crippen LogP contribution in [0.1, 0.15) is 22.6 Å². The average molecular weight is 396 g/mol. The molecule has 0 aliphatic rings. The second-order valence-electron chi connectivity index (χ2n) is 5.63. The number of nitrogens with zero attached hydrogens (tertiary/aromatic N) is 4. The topological polar surface area (TPSA) is 77.8 Å². The van der Waals surface area contributed by atoms with Gasteiger partial charge in [0.2, 0.25) is 17.6 Å². The zero-order chi connectivity index (χ0) is 18.5. The normalized spacial score (nSPS) is 12.2. The van der Waals surface area contributed by atoms with Gasteiger partial charge in [0.05, 0.1) is 5.75 Å². The van der Waals surface area contributed by atoms with Gasteiger partial charge in [-0.25, -0.2) is 0 Å². The molecule has 0 unspecified atom stereocenters. The number of hydrogen-bond acceptors (Lipinski definition) is 8. The van der Waals surface area contributed by atoms with Gasteiger partial charge in [-0.1, -0.05) is 65.8 Å². The summed E-state index contributed by atoms with van der Waals surface area (Å²) in [6.07, 6.45) is 1.99. The van der Waals surface area contributed by atoms with Crippen molar-refractivity contribution < 1.29 is 8.94 Å². The quantitative estimate of drug-likeness (QED) is 0.410.